The van der Waals surface area contributed by atoms with Gasteiger partial charge in [0.2, 0.25) is 5.62 Å². The highest BCUT2D eigenvalue weighted by molar-refractivity contribution is 5.95. The summed E-state index contributed by atoms with van der Waals surface area (Å²) < 4.78 is 1.79. The number of rotatable bonds is 7. The van der Waals surface area contributed by atoms with Gasteiger partial charge in [-0.1, -0.05) is 24.3 Å². The van der Waals surface area contributed by atoms with Crippen molar-refractivity contribution in [2.45, 2.75) is 38.8 Å². The van der Waals surface area contributed by atoms with Gasteiger partial charge in [0.25, 0.3) is 5.91 Å². The summed E-state index contributed by atoms with van der Waals surface area (Å²) >= 11 is 0. The van der Waals surface area contributed by atoms with Gasteiger partial charge < -0.3 is 19.8 Å². The first kappa shape index (κ1) is 23.1. The van der Waals surface area contributed by atoms with Crippen LogP contribution in [0.2, 0.25) is 0 Å². The van der Waals surface area contributed by atoms with Crippen molar-refractivity contribution < 1.29 is 19.8 Å². The lowest BCUT2D eigenvalue weighted by Crippen LogP contribution is -2.32. The number of hydrogen-bond donors (Lipinski definition) is 3. The van der Waals surface area contributed by atoms with E-state index in [0.29, 0.717) is 41.6 Å². The molecule has 0 bridgehead atoms. The number of imidazole rings is 1. The monoisotopic (exact) mass is 458 g/mol. The third-order valence-electron chi connectivity index (χ3n) is 5.45. The molecule has 174 valence electrons. The number of carbonyl (C=O) groups is 2. The van der Waals surface area contributed by atoms with Crippen LogP contribution in [0.15, 0.2) is 65.8 Å². The molecule has 0 radical (unpaired) electrons. The summed E-state index contributed by atoms with van der Waals surface area (Å²) in [5, 5.41) is 20.2. The molecule has 0 aliphatic heterocycles. The maximum atomic E-state index is 13.0. The lowest BCUT2D eigenvalue weighted by atomic mass is 10.0. The minimum absolute atomic E-state index is 0.0547. The highest BCUT2D eigenvalue weighted by atomic mass is 16.3. The number of aliphatic hydroxyl groups is 1. The zero-order valence-corrected chi connectivity index (χ0v) is 19.0. The number of benzene rings is 2. The molecule has 0 aliphatic rings. The van der Waals surface area contributed by atoms with Crippen molar-refractivity contribution in [2.75, 3.05) is 0 Å². The molecule has 0 aliphatic carbocycles. The predicted octanol–water partition coefficient (Wildman–Crippen LogP) is 3.18. The van der Waals surface area contributed by atoms with Crippen LogP contribution in [0.4, 0.5) is 0 Å². The van der Waals surface area contributed by atoms with E-state index in [1.807, 2.05) is 24.3 Å². The second-order valence-corrected chi connectivity index (χ2v) is 8.78. The van der Waals surface area contributed by atoms with Crippen LogP contribution in [-0.4, -0.2) is 42.5 Å². The minimum atomic E-state index is -1.00. The molecule has 0 unspecified atom stereocenters. The lowest BCUT2D eigenvalue weighted by Gasteiger charge is -2.18. The van der Waals surface area contributed by atoms with Crippen molar-refractivity contribution >= 4 is 23.2 Å². The van der Waals surface area contributed by atoms with Crippen LogP contribution in [-0.2, 0) is 19.4 Å². The van der Waals surface area contributed by atoms with Gasteiger partial charge in [-0.15, -0.1) is 0 Å². The van der Waals surface area contributed by atoms with Crippen molar-refractivity contribution in [2.24, 2.45) is 4.99 Å². The molecule has 2 aromatic carbocycles. The van der Waals surface area contributed by atoms with E-state index in [9.17, 15) is 19.8 Å². The van der Waals surface area contributed by atoms with Crippen LogP contribution >= 0.6 is 0 Å². The molecule has 0 spiro atoms. The number of phenolic OH excluding ortho intramolecular Hbond substituents is 1. The normalized spacial score (nSPS) is 12.3. The van der Waals surface area contributed by atoms with Crippen LogP contribution < -0.4 is 5.62 Å². The van der Waals surface area contributed by atoms with E-state index in [4.69, 9.17) is 0 Å². The molecule has 2 heterocycles. The number of nitrogens with one attached hydrogen (secondary N) is 1. The van der Waals surface area contributed by atoms with Gasteiger partial charge in [-0.3, -0.25) is 14.6 Å². The maximum absolute atomic E-state index is 13.0. The van der Waals surface area contributed by atoms with Gasteiger partial charge in [0.15, 0.2) is 6.29 Å². The maximum Gasteiger partial charge on any atom is 0.280 e. The van der Waals surface area contributed by atoms with Crippen LogP contribution in [0.1, 0.15) is 45.8 Å². The average molecular weight is 459 g/mol. The Morgan fingerprint density at radius 3 is 2.71 bits per heavy atom. The number of aromatic amines is 1. The number of aldehydes is 1. The first-order valence-electron chi connectivity index (χ1n) is 10.9. The van der Waals surface area contributed by atoms with Gasteiger partial charge in [-0.2, -0.15) is 4.99 Å². The number of aromatic hydroxyl groups is 1. The molecule has 4 rings (SSSR count). The van der Waals surface area contributed by atoms with E-state index < -0.39 is 11.5 Å². The molecule has 1 amide bonds. The molecule has 4 aromatic rings. The Hall–Kier alpha value is -4.04. The average Bonchev–Trinajstić information content (AvgIpc) is 3.13. The van der Waals surface area contributed by atoms with Crippen LogP contribution in [0.3, 0.4) is 0 Å². The van der Waals surface area contributed by atoms with Gasteiger partial charge in [0.1, 0.15) is 5.75 Å². The number of aromatic nitrogens is 3. The Morgan fingerprint density at radius 2 is 1.94 bits per heavy atom. The summed E-state index contributed by atoms with van der Waals surface area (Å²) in [7, 11) is 0. The number of para-hydroxylation sites is 2. The number of fused-ring (bicyclic) bond motifs is 1. The number of amides is 1. The third kappa shape index (κ3) is 5.13. The van der Waals surface area contributed by atoms with Gasteiger partial charge >= 0.3 is 0 Å². The fourth-order valence-corrected chi connectivity index (χ4v) is 3.88. The topological polar surface area (TPSA) is 121 Å². The number of nitrogens with zero attached hydrogens (tertiary/aromatic N) is 3. The summed E-state index contributed by atoms with van der Waals surface area (Å²) in [4.78, 5) is 36.1. The first-order valence-corrected chi connectivity index (χ1v) is 10.9. The number of pyridine rings is 1. The number of hydrogen-bond acceptors (Lipinski definition) is 5. The Bertz CT molecular complexity index is 1430. The highest BCUT2D eigenvalue weighted by Gasteiger charge is 2.17. The Kier molecular flexibility index (Phi) is 6.43. The van der Waals surface area contributed by atoms with E-state index in [0.717, 1.165) is 11.0 Å². The molecule has 3 N–H and O–H groups in total. The van der Waals surface area contributed by atoms with E-state index in [-0.39, 0.29) is 17.9 Å². The number of phenols is 1. The zero-order chi connectivity index (χ0) is 24.3. The second kappa shape index (κ2) is 9.44. The summed E-state index contributed by atoms with van der Waals surface area (Å²) in [6.07, 6.45) is 3.16. The lowest BCUT2D eigenvalue weighted by molar-refractivity contribution is 0.0612. The summed E-state index contributed by atoms with van der Waals surface area (Å²) in [5.74, 6) is -0.494. The molecule has 0 fully saturated rings. The highest BCUT2D eigenvalue weighted by Crippen LogP contribution is 2.20. The third-order valence-corrected chi connectivity index (χ3v) is 5.45. The zero-order valence-electron chi connectivity index (χ0n) is 19.0. The first-order chi connectivity index (χ1) is 16.2. The number of H-pyrrole nitrogens is 1. The molecular formula is C26H26N4O4. The van der Waals surface area contributed by atoms with Crippen molar-refractivity contribution in [1.29, 1.82) is 0 Å². The van der Waals surface area contributed by atoms with Crippen LogP contribution in [0.5, 0.6) is 5.75 Å². The Labute approximate surface area is 196 Å². The summed E-state index contributed by atoms with van der Waals surface area (Å²) in [6, 6.07) is 15.8. The van der Waals surface area contributed by atoms with E-state index in [1.54, 1.807) is 48.9 Å². The Morgan fingerprint density at radius 1 is 1.15 bits per heavy atom. The Balaban J connectivity index is 1.62. The molecule has 0 saturated heterocycles. The molecule has 34 heavy (non-hydrogen) atoms. The molecule has 8 heteroatoms. The molecule has 2 aromatic heterocycles. The van der Waals surface area contributed by atoms with E-state index in [1.165, 1.54) is 6.07 Å². The summed E-state index contributed by atoms with van der Waals surface area (Å²) in [5.41, 5.74) is 3.02. The largest absolute Gasteiger partial charge is 0.507 e. The van der Waals surface area contributed by atoms with Crippen LogP contribution in [0.25, 0.3) is 11.0 Å². The van der Waals surface area contributed by atoms with E-state index >= 15 is 0 Å². The van der Waals surface area contributed by atoms with Gasteiger partial charge in [0.05, 0.1) is 28.7 Å². The quantitative estimate of drug-likeness (QED) is 0.367. The fourth-order valence-electron chi connectivity index (χ4n) is 3.88. The number of aryl methyl sites for hydroxylation is 2. The van der Waals surface area contributed by atoms with Crippen molar-refractivity contribution in [3.8, 4) is 5.75 Å². The number of carbonyl (C=O) groups excluding carboxylic acids is 2. The smallest absolute Gasteiger partial charge is 0.280 e. The van der Waals surface area contributed by atoms with Gasteiger partial charge in [-0.25, -0.2) is 0 Å². The van der Waals surface area contributed by atoms with Gasteiger partial charge in [-0.05, 0) is 62.6 Å². The predicted molar refractivity (Wildman–Crippen MR) is 128 cm³/mol. The van der Waals surface area contributed by atoms with Crippen molar-refractivity contribution in [1.82, 2.24) is 14.5 Å². The van der Waals surface area contributed by atoms with Crippen molar-refractivity contribution in [3.05, 3.63) is 88.8 Å². The molecule has 8 nitrogen and oxygen atoms in total. The summed E-state index contributed by atoms with van der Waals surface area (Å²) in [6.45, 7) is 3.66. The minimum Gasteiger partial charge on any atom is -0.507 e. The molecule has 0 saturated carbocycles. The van der Waals surface area contributed by atoms with Crippen LogP contribution in [0, 0.1) is 0 Å². The van der Waals surface area contributed by atoms with E-state index in [2.05, 4.69) is 15.0 Å². The van der Waals surface area contributed by atoms with Gasteiger partial charge in [0, 0.05) is 17.5 Å². The molecule has 0 atom stereocenters. The second-order valence-electron chi connectivity index (χ2n) is 8.78. The SMILES string of the molecule is CC(C)(O)Cn1/c(=N/C(=O)c2ccnc(CCc3cccc(O)c3C=O)c2)[nH]c2ccccc21. The van der Waals surface area contributed by atoms with Crippen molar-refractivity contribution in [3.63, 3.8) is 0 Å². The fraction of sp³-hybridized carbons (Fsp3) is 0.231. The standard InChI is InChI=1S/C26H26N4O4/c1-26(2,34)16-30-22-8-4-3-7-21(22)28-25(30)29-24(33)18-12-13-27-19(14-18)11-10-17-6-5-9-23(32)20(17)15-31/h3-9,12-15,32,34H,10-11,16H2,1-2H3,(H,28,29,33). The molecular weight excluding hydrogens is 432 g/mol.